The number of ether oxygens (including phenoxy) is 1. The molecule has 0 unspecified atom stereocenters. The van der Waals surface area contributed by atoms with Crippen molar-refractivity contribution in [3.8, 4) is 0 Å². The Morgan fingerprint density at radius 2 is 1.88 bits per heavy atom. The molecular formula is C12H13NO3. The maximum absolute atomic E-state index is 11.2. The first-order valence-corrected chi connectivity index (χ1v) is 4.85. The van der Waals surface area contributed by atoms with E-state index < -0.39 is 17.3 Å². The molecule has 1 aromatic carbocycles. The average molecular weight is 219 g/mol. The van der Waals surface area contributed by atoms with Crippen LogP contribution in [-0.4, -0.2) is 23.9 Å². The van der Waals surface area contributed by atoms with Gasteiger partial charge in [0.25, 0.3) is 0 Å². The van der Waals surface area contributed by atoms with Crippen molar-refractivity contribution >= 4 is 17.3 Å². The molecule has 0 radical (unpaired) electrons. The van der Waals surface area contributed by atoms with Crippen LogP contribution in [0, 0.1) is 5.41 Å². The summed E-state index contributed by atoms with van der Waals surface area (Å²) in [5.41, 5.74) is 0.442. The smallest absolute Gasteiger partial charge is 0.209 e. The molecule has 4 nitrogen and oxygen atoms in total. The highest BCUT2D eigenvalue weighted by Crippen LogP contribution is 2.00. The van der Waals surface area contributed by atoms with E-state index in [1.165, 1.54) is 6.92 Å². The van der Waals surface area contributed by atoms with Crippen LogP contribution < -0.4 is 0 Å². The Morgan fingerprint density at radius 3 is 2.44 bits per heavy atom. The van der Waals surface area contributed by atoms with Gasteiger partial charge in [0.15, 0.2) is 5.78 Å². The van der Waals surface area contributed by atoms with E-state index in [0.29, 0.717) is 6.61 Å². The highest BCUT2D eigenvalue weighted by Gasteiger charge is 2.13. The monoisotopic (exact) mass is 219 g/mol. The molecule has 1 aromatic rings. The molecule has 0 bridgehead atoms. The third kappa shape index (κ3) is 3.74. The van der Waals surface area contributed by atoms with Crippen LogP contribution in [0.2, 0.25) is 0 Å². The Bertz CT molecular complexity index is 398. The minimum Gasteiger partial charge on any atom is -0.369 e. The fourth-order valence-corrected chi connectivity index (χ4v) is 1.10. The Balaban J connectivity index is 2.34. The first-order valence-electron chi connectivity index (χ1n) is 4.85. The van der Waals surface area contributed by atoms with Gasteiger partial charge in [-0.1, -0.05) is 30.3 Å². The van der Waals surface area contributed by atoms with Crippen LogP contribution in [0.3, 0.4) is 0 Å². The lowest BCUT2D eigenvalue weighted by Crippen LogP contribution is -2.24. The number of hydrogen-bond acceptors (Lipinski definition) is 4. The highest BCUT2D eigenvalue weighted by molar-refractivity contribution is 6.64. The Hall–Kier alpha value is -1.81. The van der Waals surface area contributed by atoms with Crippen molar-refractivity contribution in [1.29, 1.82) is 5.41 Å². The predicted molar refractivity (Wildman–Crippen MR) is 59.5 cm³/mol. The SMILES string of the molecule is CC(=O)C(=N)C(=O)COCc1ccccc1. The van der Waals surface area contributed by atoms with E-state index in [1.807, 2.05) is 30.3 Å². The fourth-order valence-electron chi connectivity index (χ4n) is 1.10. The van der Waals surface area contributed by atoms with Gasteiger partial charge >= 0.3 is 0 Å². The second kappa shape index (κ2) is 5.92. The molecule has 0 aliphatic heterocycles. The standard InChI is InChI=1S/C12H13NO3/c1-9(14)12(13)11(15)8-16-7-10-5-3-2-4-6-10/h2-6,13H,7-8H2,1H3. The lowest BCUT2D eigenvalue weighted by Gasteiger charge is -2.03. The van der Waals surface area contributed by atoms with Crippen LogP contribution >= 0.6 is 0 Å². The summed E-state index contributed by atoms with van der Waals surface area (Å²) in [6.07, 6.45) is 0. The largest absolute Gasteiger partial charge is 0.369 e. The minimum absolute atomic E-state index is 0.229. The lowest BCUT2D eigenvalue weighted by atomic mass is 10.2. The van der Waals surface area contributed by atoms with Gasteiger partial charge in [-0.15, -0.1) is 0 Å². The summed E-state index contributed by atoms with van der Waals surface area (Å²) in [4.78, 5) is 21.9. The molecule has 0 atom stereocenters. The molecule has 0 aromatic heterocycles. The van der Waals surface area contributed by atoms with E-state index in [-0.39, 0.29) is 6.61 Å². The molecule has 0 amide bonds. The van der Waals surface area contributed by atoms with Crippen molar-refractivity contribution in [2.24, 2.45) is 0 Å². The quantitative estimate of drug-likeness (QED) is 0.580. The molecule has 0 aliphatic rings. The Labute approximate surface area is 93.7 Å². The third-order valence-electron chi connectivity index (χ3n) is 1.98. The van der Waals surface area contributed by atoms with Crippen LogP contribution in [0.5, 0.6) is 0 Å². The number of ketones is 2. The minimum atomic E-state index is -0.580. The van der Waals surface area contributed by atoms with Gasteiger partial charge < -0.3 is 4.74 Å². The van der Waals surface area contributed by atoms with E-state index >= 15 is 0 Å². The summed E-state index contributed by atoms with van der Waals surface area (Å²) in [6.45, 7) is 1.27. The zero-order valence-corrected chi connectivity index (χ0v) is 9.03. The number of nitrogens with one attached hydrogen (secondary N) is 1. The van der Waals surface area contributed by atoms with Crippen LogP contribution in [0.4, 0.5) is 0 Å². The second-order valence-corrected chi connectivity index (χ2v) is 3.33. The molecule has 0 spiro atoms. The van der Waals surface area contributed by atoms with Gasteiger partial charge in [0, 0.05) is 6.92 Å². The van der Waals surface area contributed by atoms with Gasteiger partial charge in [0.1, 0.15) is 12.3 Å². The zero-order valence-electron chi connectivity index (χ0n) is 9.03. The van der Waals surface area contributed by atoms with Gasteiger partial charge in [-0.2, -0.15) is 0 Å². The fraction of sp³-hybridized carbons (Fsp3) is 0.250. The first-order chi connectivity index (χ1) is 7.61. The van der Waals surface area contributed by atoms with Crippen molar-refractivity contribution in [3.63, 3.8) is 0 Å². The Kier molecular flexibility index (Phi) is 4.54. The highest BCUT2D eigenvalue weighted by atomic mass is 16.5. The summed E-state index contributed by atoms with van der Waals surface area (Å²) in [5.74, 6) is -1.11. The van der Waals surface area contributed by atoms with E-state index in [4.69, 9.17) is 10.1 Å². The number of hydrogen-bond donors (Lipinski definition) is 1. The summed E-state index contributed by atoms with van der Waals surface area (Å²) >= 11 is 0. The van der Waals surface area contributed by atoms with Crippen molar-refractivity contribution in [2.45, 2.75) is 13.5 Å². The molecular weight excluding hydrogens is 206 g/mol. The van der Waals surface area contributed by atoms with Gasteiger partial charge in [-0.05, 0) is 5.56 Å². The maximum atomic E-state index is 11.2. The second-order valence-electron chi connectivity index (χ2n) is 3.33. The molecule has 0 aliphatic carbocycles. The van der Waals surface area contributed by atoms with E-state index in [1.54, 1.807) is 0 Å². The normalized spacial score (nSPS) is 9.81. The van der Waals surface area contributed by atoms with Crippen molar-refractivity contribution in [1.82, 2.24) is 0 Å². The topological polar surface area (TPSA) is 67.2 Å². The first kappa shape index (κ1) is 12.3. The average Bonchev–Trinajstić information content (AvgIpc) is 2.29. The number of benzene rings is 1. The van der Waals surface area contributed by atoms with E-state index in [2.05, 4.69) is 0 Å². The number of rotatable bonds is 6. The molecule has 16 heavy (non-hydrogen) atoms. The molecule has 0 heterocycles. The van der Waals surface area contributed by atoms with Crippen molar-refractivity contribution in [3.05, 3.63) is 35.9 Å². The molecule has 1 N–H and O–H groups in total. The van der Waals surface area contributed by atoms with Crippen molar-refractivity contribution in [2.75, 3.05) is 6.61 Å². The van der Waals surface area contributed by atoms with Crippen LogP contribution in [0.15, 0.2) is 30.3 Å². The van der Waals surface area contributed by atoms with Crippen molar-refractivity contribution < 1.29 is 14.3 Å². The van der Waals surface area contributed by atoms with Gasteiger partial charge in [-0.25, -0.2) is 0 Å². The molecule has 4 heteroatoms. The number of carbonyl (C=O) groups excluding carboxylic acids is 2. The van der Waals surface area contributed by atoms with Crippen LogP contribution in [0.25, 0.3) is 0 Å². The third-order valence-corrected chi connectivity index (χ3v) is 1.98. The molecule has 0 fully saturated rings. The number of Topliss-reactive ketones (excluding diaryl/α,β-unsaturated/α-hetero) is 2. The van der Waals surface area contributed by atoms with E-state index in [9.17, 15) is 9.59 Å². The van der Waals surface area contributed by atoms with Gasteiger partial charge in [-0.3, -0.25) is 15.0 Å². The maximum Gasteiger partial charge on any atom is 0.209 e. The lowest BCUT2D eigenvalue weighted by molar-refractivity contribution is -0.119. The summed E-state index contributed by atoms with van der Waals surface area (Å²) in [6, 6.07) is 9.39. The van der Waals surface area contributed by atoms with Gasteiger partial charge in [0.2, 0.25) is 5.78 Å². The summed E-state index contributed by atoms with van der Waals surface area (Å²) < 4.78 is 5.11. The summed E-state index contributed by atoms with van der Waals surface area (Å²) in [7, 11) is 0. The Morgan fingerprint density at radius 1 is 1.25 bits per heavy atom. The molecule has 0 saturated heterocycles. The number of carbonyl (C=O) groups is 2. The predicted octanol–water partition coefficient (Wildman–Crippen LogP) is 1.38. The molecule has 84 valence electrons. The van der Waals surface area contributed by atoms with Gasteiger partial charge in [0.05, 0.1) is 6.61 Å². The summed E-state index contributed by atoms with van der Waals surface area (Å²) in [5, 5.41) is 7.15. The van der Waals surface area contributed by atoms with E-state index in [0.717, 1.165) is 5.56 Å². The van der Waals surface area contributed by atoms with Crippen LogP contribution in [0.1, 0.15) is 12.5 Å². The zero-order chi connectivity index (χ0) is 12.0. The van der Waals surface area contributed by atoms with Crippen LogP contribution in [-0.2, 0) is 20.9 Å². The molecule has 0 saturated carbocycles. The molecule has 1 rings (SSSR count).